The van der Waals surface area contributed by atoms with Crippen molar-refractivity contribution < 1.29 is 4.79 Å². The van der Waals surface area contributed by atoms with Gasteiger partial charge in [0.15, 0.2) is 0 Å². The van der Waals surface area contributed by atoms with E-state index in [9.17, 15) is 4.79 Å². The predicted molar refractivity (Wildman–Crippen MR) is 85.8 cm³/mol. The average molecular weight is 346 g/mol. The maximum absolute atomic E-state index is 11.8. The van der Waals surface area contributed by atoms with Gasteiger partial charge in [-0.2, -0.15) is 0 Å². The van der Waals surface area contributed by atoms with E-state index in [1.807, 2.05) is 13.0 Å². The highest BCUT2D eigenvalue weighted by Gasteiger charge is 2.14. The lowest BCUT2D eigenvalue weighted by atomic mass is 10.1. The van der Waals surface area contributed by atoms with Crippen molar-refractivity contribution in [2.45, 2.75) is 32.2 Å². The van der Waals surface area contributed by atoms with Crippen LogP contribution in [0, 0.1) is 0 Å². The predicted octanol–water partition coefficient (Wildman–Crippen LogP) is 3.61. The molecule has 1 amide bonds. The van der Waals surface area contributed by atoms with Crippen molar-refractivity contribution in [3.63, 3.8) is 0 Å². The van der Waals surface area contributed by atoms with Crippen LogP contribution in [0.4, 0.5) is 0 Å². The van der Waals surface area contributed by atoms with Crippen molar-refractivity contribution in [1.82, 2.24) is 4.90 Å². The number of amides is 1. The van der Waals surface area contributed by atoms with Crippen LogP contribution in [0.3, 0.4) is 0 Å². The number of carbonyl (C=O) groups is 1. The SMILES string of the molecule is CC(CN)N(C)C(=O)CCCc1cc(Cl)sc1Cl.Cl. The zero-order valence-electron chi connectivity index (χ0n) is 11.0. The van der Waals surface area contributed by atoms with E-state index in [1.54, 1.807) is 11.9 Å². The van der Waals surface area contributed by atoms with Gasteiger partial charge in [-0.15, -0.1) is 23.7 Å². The Balaban J connectivity index is 0.00000324. The van der Waals surface area contributed by atoms with E-state index < -0.39 is 0 Å². The molecule has 0 spiro atoms. The van der Waals surface area contributed by atoms with E-state index in [1.165, 1.54) is 11.3 Å². The summed E-state index contributed by atoms with van der Waals surface area (Å²) in [5.41, 5.74) is 6.55. The fourth-order valence-corrected chi connectivity index (χ4v) is 3.10. The minimum absolute atomic E-state index is 0. The van der Waals surface area contributed by atoms with Crippen molar-refractivity contribution in [2.24, 2.45) is 5.73 Å². The number of rotatable bonds is 6. The van der Waals surface area contributed by atoms with E-state index in [2.05, 4.69) is 0 Å². The molecule has 0 aliphatic carbocycles. The molecule has 0 aliphatic rings. The third kappa shape index (κ3) is 5.88. The number of hydrogen-bond acceptors (Lipinski definition) is 3. The van der Waals surface area contributed by atoms with Gasteiger partial charge >= 0.3 is 0 Å². The first-order valence-corrected chi connectivity index (χ1v) is 7.42. The highest BCUT2D eigenvalue weighted by atomic mass is 35.5. The molecule has 19 heavy (non-hydrogen) atoms. The minimum atomic E-state index is 0. The molecule has 0 radical (unpaired) electrons. The zero-order chi connectivity index (χ0) is 13.7. The first kappa shape index (κ1) is 19.0. The Bertz CT molecular complexity index is 412. The smallest absolute Gasteiger partial charge is 0.222 e. The van der Waals surface area contributed by atoms with Crippen molar-refractivity contribution in [2.75, 3.05) is 13.6 Å². The molecule has 0 aliphatic heterocycles. The summed E-state index contributed by atoms with van der Waals surface area (Å²) in [6.07, 6.45) is 2.05. The molecule has 0 aromatic carbocycles. The first-order valence-electron chi connectivity index (χ1n) is 5.85. The number of thiophene rings is 1. The fraction of sp³-hybridized carbons (Fsp3) is 0.583. The van der Waals surface area contributed by atoms with E-state index in [-0.39, 0.29) is 24.4 Å². The number of halogens is 3. The van der Waals surface area contributed by atoms with Gasteiger partial charge < -0.3 is 10.6 Å². The van der Waals surface area contributed by atoms with Crippen LogP contribution >= 0.6 is 46.9 Å². The van der Waals surface area contributed by atoms with Crippen molar-refractivity contribution in [1.29, 1.82) is 0 Å². The molecule has 0 saturated carbocycles. The monoisotopic (exact) mass is 344 g/mol. The molecule has 2 N–H and O–H groups in total. The molecule has 0 fully saturated rings. The summed E-state index contributed by atoms with van der Waals surface area (Å²) in [4.78, 5) is 13.5. The van der Waals surface area contributed by atoms with Crippen LogP contribution < -0.4 is 5.73 Å². The molecule has 1 unspecified atom stereocenters. The highest BCUT2D eigenvalue weighted by Crippen LogP contribution is 2.32. The normalized spacial score (nSPS) is 11.8. The van der Waals surface area contributed by atoms with Gasteiger partial charge in [-0.3, -0.25) is 4.79 Å². The van der Waals surface area contributed by atoms with Gasteiger partial charge in [0.05, 0.1) is 8.67 Å². The second kappa shape index (κ2) is 9.03. The summed E-state index contributed by atoms with van der Waals surface area (Å²) in [6, 6.07) is 1.95. The quantitative estimate of drug-likeness (QED) is 0.856. The molecule has 1 atom stereocenters. The molecule has 0 bridgehead atoms. The van der Waals surface area contributed by atoms with E-state index in [0.717, 1.165) is 22.7 Å². The van der Waals surface area contributed by atoms with Crippen molar-refractivity contribution in [3.8, 4) is 0 Å². The third-order valence-electron chi connectivity index (χ3n) is 2.96. The molecule has 3 nitrogen and oxygen atoms in total. The molecular formula is C12H19Cl3N2OS. The molecule has 1 aromatic rings. The number of hydrogen-bond donors (Lipinski definition) is 1. The highest BCUT2D eigenvalue weighted by molar-refractivity contribution is 7.20. The number of nitrogens with two attached hydrogens (primary N) is 1. The van der Waals surface area contributed by atoms with E-state index >= 15 is 0 Å². The summed E-state index contributed by atoms with van der Waals surface area (Å²) in [7, 11) is 1.79. The Hall–Kier alpha value is -0.000000000000000222. The lowest BCUT2D eigenvalue weighted by molar-refractivity contribution is -0.131. The Morgan fingerprint density at radius 2 is 2.16 bits per heavy atom. The Labute approximate surface area is 134 Å². The van der Waals surface area contributed by atoms with Crippen molar-refractivity contribution >= 4 is 52.9 Å². The van der Waals surface area contributed by atoms with Crippen LogP contribution in [-0.2, 0) is 11.2 Å². The van der Waals surface area contributed by atoms with Crippen LogP contribution in [0.5, 0.6) is 0 Å². The fourth-order valence-electron chi connectivity index (χ4n) is 1.56. The number of likely N-dealkylation sites (N-methyl/N-ethyl adjacent to an activating group) is 1. The average Bonchev–Trinajstić information content (AvgIpc) is 2.65. The number of carbonyl (C=O) groups excluding carboxylic acids is 1. The largest absolute Gasteiger partial charge is 0.342 e. The van der Waals surface area contributed by atoms with Crippen LogP contribution in [0.25, 0.3) is 0 Å². The summed E-state index contributed by atoms with van der Waals surface area (Å²) in [6.45, 7) is 2.42. The van der Waals surface area contributed by atoms with Crippen LogP contribution in [0.2, 0.25) is 8.67 Å². The molecular weight excluding hydrogens is 327 g/mol. The summed E-state index contributed by atoms with van der Waals surface area (Å²) >= 11 is 13.2. The lowest BCUT2D eigenvalue weighted by Crippen LogP contribution is -2.39. The summed E-state index contributed by atoms with van der Waals surface area (Å²) < 4.78 is 1.41. The number of aryl methyl sites for hydroxylation is 1. The van der Waals surface area contributed by atoms with Gasteiger partial charge in [0.25, 0.3) is 0 Å². The Morgan fingerprint density at radius 1 is 1.53 bits per heavy atom. The van der Waals surface area contributed by atoms with Gasteiger partial charge in [0.1, 0.15) is 0 Å². The van der Waals surface area contributed by atoms with Gasteiger partial charge in [-0.05, 0) is 31.4 Å². The van der Waals surface area contributed by atoms with Gasteiger partial charge in [0.2, 0.25) is 5.91 Å². The standard InChI is InChI=1S/C12H18Cl2N2OS.ClH/c1-8(7-15)16(2)11(17)5-3-4-9-6-10(13)18-12(9)14;/h6,8H,3-5,7,15H2,1-2H3;1H. The van der Waals surface area contributed by atoms with Crippen molar-refractivity contribution in [3.05, 3.63) is 20.3 Å². The van der Waals surface area contributed by atoms with Gasteiger partial charge in [-0.1, -0.05) is 23.2 Å². The lowest BCUT2D eigenvalue weighted by Gasteiger charge is -2.23. The van der Waals surface area contributed by atoms with Gasteiger partial charge in [-0.25, -0.2) is 0 Å². The van der Waals surface area contributed by atoms with E-state index in [4.69, 9.17) is 28.9 Å². The maximum atomic E-state index is 11.8. The Morgan fingerprint density at radius 3 is 2.63 bits per heavy atom. The summed E-state index contributed by atoms with van der Waals surface area (Å²) in [5, 5.41) is 0. The molecule has 0 saturated heterocycles. The topological polar surface area (TPSA) is 46.3 Å². The van der Waals surface area contributed by atoms with E-state index in [0.29, 0.717) is 17.3 Å². The second-order valence-corrected chi connectivity index (χ2v) is 6.58. The van der Waals surface area contributed by atoms with Gasteiger partial charge in [0, 0.05) is 26.1 Å². The molecule has 1 aromatic heterocycles. The molecule has 1 rings (SSSR count). The third-order valence-corrected chi connectivity index (χ3v) is 4.53. The maximum Gasteiger partial charge on any atom is 0.222 e. The van der Waals surface area contributed by atoms with Crippen LogP contribution in [0.15, 0.2) is 6.07 Å². The Kier molecular flexibility index (Phi) is 9.03. The zero-order valence-corrected chi connectivity index (χ0v) is 14.1. The molecule has 110 valence electrons. The molecule has 7 heteroatoms. The first-order chi connectivity index (χ1) is 8.45. The second-order valence-electron chi connectivity index (χ2n) is 4.29. The van der Waals surface area contributed by atoms with Crippen LogP contribution in [0.1, 0.15) is 25.3 Å². The van der Waals surface area contributed by atoms with Crippen LogP contribution in [-0.4, -0.2) is 30.4 Å². The minimum Gasteiger partial charge on any atom is -0.342 e. The number of nitrogens with zero attached hydrogens (tertiary/aromatic N) is 1. The summed E-state index contributed by atoms with van der Waals surface area (Å²) in [5.74, 6) is 0.116. The molecule has 1 heterocycles.